The third-order valence-corrected chi connectivity index (χ3v) is 1.60. The molecule has 0 aliphatic rings. The van der Waals surface area contributed by atoms with Crippen LogP contribution in [0, 0.1) is 0 Å². The van der Waals surface area contributed by atoms with Gasteiger partial charge in [0.1, 0.15) is 0 Å². The number of para-hydroxylation sites is 1. The van der Waals surface area contributed by atoms with Crippen LogP contribution in [0.1, 0.15) is 0 Å². The van der Waals surface area contributed by atoms with Crippen LogP contribution in [0.2, 0.25) is 0 Å². The van der Waals surface area contributed by atoms with Gasteiger partial charge in [0.25, 0.3) is 5.88 Å². The highest BCUT2D eigenvalue weighted by Gasteiger charge is 2.04. The molecule has 0 saturated heterocycles. The summed E-state index contributed by atoms with van der Waals surface area (Å²) in [6.45, 7) is 0. The van der Waals surface area contributed by atoms with Crippen molar-refractivity contribution in [3.8, 4) is 5.88 Å². The van der Waals surface area contributed by atoms with Crippen molar-refractivity contribution in [1.82, 2.24) is 10.2 Å². The van der Waals surface area contributed by atoms with Crippen molar-refractivity contribution in [2.45, 2.75) is 0 Å². The number of benzene rings is 1. The van der Waals surface area contributed by atoms with Crippen molar-refractivity contribution < 1.29 is 9.78 Å². The van der Waals surface area contributed by atoms with E-state index in [2.05, 4.69) is 15.1 Å². The standard InChI is InChI=1S/C8H8N2O2/c1-11-12-8-6-4-2-3-5-7(6)9-10-8/h2-5H,1H3,(H,9,10). The van der Waals surface area contributed by atoms with Crippen LogP contribution < -0.4 is 4.89 Å². The number of nitrogens with one attached hydrogen (secondary N) is 1. The highest BCUT2D eigenvalue weighted by molar-refractivity contribution is 5.83. The van der Waals surface area contributed by atoms with E-state index in [0.717, 1.165) is 10.9 Å². The largest absolute Gasteiger partial charge is 0.315 e. The molecule has 0 aliphatic heterocycles. The average molecular weight is 164 g/mol. The zero-order valence-electron chi connectivity index (χ0n) is 6.57. The summed E-state index contributed by atoms with van der Waals surface area (Å²) in [7, 11) is 1.45. The van der Waals surface area contributed by atoms with Gasteiger partial charge in [0.2, 0.25) is 0 Å². The first-order chi connectivity index (χ1) is 5.92. The Morgan fingerprint density at radius 3 is 3.00 bits per heavy atom. The van der Waals surface area contributed by atoms with E-state index < -0.39 is 0 Å². The van der Waals surface area contributed by atoms with Crippen molar-refractivity contribution in [2.75, 3.05) is 7.11 Å². The first kappa shape index (κ1) is 7.12. The van der Waals surface area contributed by atoms with Crippen LogP contribution in [-0.2, 0) is 4.89 Å². The van der Waals surface area contributed by atoms with Gasteiger partial charge in [-0.15, -0.1) is 5.10 Å². The van der Waals surface area contributed by atoms with E-state index in [1.165, 1.54) is 7.11 Å². The van der Waals surface area contributed by atoms with Gasteiger partial charge in [0, 0.05) is 0 Å². The number of aromatic amines is 1. The second kappa shape index (κ2) is 2.83. The lowest BCUT2D eigenvalue weighted by atomic mass is 10.2. The molecule has 0 saturated carbocycles. The lowest BCUT2D eigenvalue weighted by Gasteiger charge is -1.94. The van der Waals surface area contributed by atoms with E-state index in [-0.39, 0.29) is 0 Å². The Morgan fingerprint density at radius 1 is 1.33 bits per heavy atom. The molecule has 62 valence electrons. The molecule has 1 aromatic heterocycles. The van der Waals surface area contributed by atoms with Gasteiger partial charge in [0.15, 0.2) is 0 Å². The van der Waals surface area contributed by atoms with Crippen molar-refractivity contribution in [1.29, 1.82) is 0 Å². The molecule has 0 aliphatic carbocycles. The molecule has 4 heteroatoms. The molecule has 2 aromatic rings. The maximum Gasteiger partial charge on any atom is 0.282 e. The Morgan fingerprint density at radius 2 is 2.17 bits per heavy atom. The van der Waals surface area contributed by atoms with Crippen molar-refractivity contribution in [3.63, 3.8) is 0 Å². The molecule has 0 spiro atoms. The van der Waals surface area contributed by atoms with Crippen LogP contribution in [-0.4, -0.2) is 17.3 Å². The van der Waals surface area contributed by atoms with Gasteiger partial charge in [-0.05, 0) is 12.1 Å². The molecule has 0 radical (unpaired) electrons. The van der Waals surface area contributed by atoms with Gasteiger partial charge in [-0.1, -0.05) is 12.1 Å². The molecule has 1 aromatic carbocycles. The van der Waals surface area contributed by atoms with Gasteiger partial charge in [0.05, 0.1) is 18.0 Å². The zero-order valence-corrected chi connectivity index (χ0v) is 6.57. The fraction of sp³-hybridized carbons (Fsp3) is 0.125. The topological polar surface area (TPSA) is 47.1 Å². The minimum Gasteiger partial charge on any atom is -0.315 e. The molecule has 1 heterocycles. The molecule has 0 bridgehead atoms. The van der Waals surface area contributed by atoms with Gasteiger partial charge >= 0.3 is 0 Å². The molecule has 1 N–H and O–H groups in total. The summed E-state index contributed by atoms with van der Waals surface area (Å²) in [5.41, 5.74) is 0.935. The summed E-state index contributed by atoms with van der Waals surface area (Å²) >= 11 is 0. The summed E-state index contributed by atoms with van der Waals surface area (Å²) in [6.07, 6.45) is 0. The maximum atomic E-state index is 4.82. The number of hydrogen-bond acceptors (Lipinski definition) is 3. The Labute approximate surface area is 69.0 Å². The quantitative estimate of drug-likeness (QED) is 0.540. The summed E-state index contributed by atoms with van der Waals surface area (Å²) < 4.78 is 0. The van der Waals surface area contributed by atoms with E-state index >= 15 is 0 Å². The van der Waals surface area contributed by atoms with E-state index in [1.54, 1.807) is 0 Å². The highest BCUT2D eigenvalue weighted by Crippen LogP contribution is 2.21. The number of hydrogen-bond donors (Lipinski definition) is 1. The molecule has 4 nitrogen and oxygen atoms in total. The Hall–Kier alpha value is -1.55. The maximum absolute atomic E-state index is 4.82. The van der Waals surface area contributed by atoms with Gasteiger partial charge in [-0.3, -0.25) is 5.10 Å². The lowest BCUT2D eigenvalue weighted by Crippen LogP contribution is -1.90. The van der Waals surface area contributed by atoms with Crippen LogP contribution in [0.3, 0.4) is 0 Å². The number of fused-ring (bicyclic) bond motifs is 1. The molecule has 0 amide bonds. The van der Waals surface area contributed by atoms with Crippen molar-refractivity contribution >= 4 is 10.9 Å². The first-order valence-corrected chi connectivity index (χ1v) is 3.55. The summed E-state index contributed by atoms with van der Waals surface area (Å²) in [5, 5.41) is 7.65. The number of H-pyrrole nitrogens is 1. The summed E-state index contributed by atoms with van der Waals surface area (Å²) in [6, 6.07) is 7.68. The van der Waals surface area contributed by atoms with Gasteiger partial charge in [-0.25, -0.2) is 0 Å². The first-order valence-electron chi connectivity index (χ1n) is 3.55. The summed E-state index contributed by atoms with van der Waals surface area (Å²) in [4.78, 5) is 9.33. The second-order valence-electron chi connectivity index (χ2n) is 2.32. The molecule has 0 atom stereocenters. The second-order valence-corrected chi connectivity index (χ2v) is 2.32. The Bertz CT molecular complexity index is 383. The average Bonchev–Trinajstić information content (AvgIpc) is 2.50. The number of rotatable bonds is 2. The van der Waals surface area contributed by atoms with E-state index in [0.29, 0.717) is 5.88 Å². The fourth-order valence-corrected chi connectivity index (χ4v) is 1.08. The van der Waals surface area contributed by atoms with Crippen molar-refractivity contribution in [3.05, 3.63) is 24.3 Å². The van der Waals surface area contributed by atoms with E-state index in [9.17, 15) is 0 Å². The summed E-state index contributed by atoms with van der Waals surface area (Å²) in [5.74, 6) is 0.466. The lowest BCUT2D eigenvalue weighted by molar-refractivity contribution is -0.180. The normalized spacial score (nSPS) is 10.4. The van der Waals surface area contributed by atoms with Crippen LogP contribution in [0.15, 0.2) is 24.3 Å². The van der Waals surface area contributed by atoms with Crippen LogP contribution in [0.25, 0.3) is 10.9 Å². The number of aromatic nitrogens is 2. The predicted octanol–water partition coefficient (Wildman–Crippen LogP) is 1.50. The van der Waals surface area contributed by atoms with E-state index in [4.69, 9.17) is 4.89 Å². The third-order valence-electron chi connectivity index (χ3n) is 1.60. The Kier molecular flexibility index (Phi) is 1.68. The zero-order chi connectivity index (χ0) is 8.39. The van der Waals surface area contributed by atoms with Gasteiger partial charge in [-0.2, -0.15) is 4.89 Å². The SMILES string of the molecule is COOc1n[nH]c2ccccc12. The monoisotopic (exact) mass is 164 g/mol. The van der Waals surface area contributed by atoms with Crippen LogP contribution >= 0.6 is 0 Å². The van der Waals surface area contributed by atoms with Crippen LogP contribution in [0.5, 0.6) is 5.88 Å². The predicted molar refractivity (Wildman–Crippen MR) is 43.7 cm³/mol. The molecule has 0 unspecified atom stereocenters. The minimum absolute atomic E-state index is 0.466. The Balaban J connectivity index is 2.55. The number of nitrogens with zero attached hydrogens (tertiary/aromatic N) is 1. The minimum atomic E-state index is 0.466. The molecular weight excluding hydrogens is 156 g/mol. The molecular formula is C8H8N2O2. The molecule has 0 fully saturated rings. The fourth-order valence-electron chi connectivity index (χ4n) is 1.08. The third kappa shape index (κ3) is 1.02. The van der Waals surface area contributed by atoms with Gasteiger partial charge < -0.3 is 4.89 Å². The van der Waals surface area contributed by atoms with E-state index in [1.807, 2.05) is 24.3 Å². The molecule has 2 rings (SSSR count). The smallest absolute Gasteiger partial charge is 0.282 e. The van der Waals surface area contributed by atoms with Crippen LogP contribution in [0.4, 0.5) is 0 Å². The molecule has 12 heavy (non-hydrogen) atoms. The van der Waals surface area contributed by atoms with Crippen molar-refractivity contribution in [2.24, 2.45) is 0 Å². The highest BCUT2D eigenvalue weighted by atomic mass is 17.2.